The summed E-state index contributed by atoms with van der Waals surface area (Å²) in [4.78, 5) is 11.4. The van der Waals surface area contributed by atoms with Gasteiger partial charge in [-0.3, -0.25) is 9.00 Å². The van der Waals surface area contributed by atoms with E-state index in [2.05, 4.69) is 0 Å². The third kappa shape index (κ3) is 3.30. The third-order valence-electron chi connectivity index (χ3n) is 2.70. The fourth-order valence-corrected chi connectivity index (χ4v) is 2.69. The van der Waals surface area contributed by atoms with Crippen LogP contribution in [0.1, 0.15) is 13.8 Å². The molecule has 17 heavy (non-hydrogen) atoms. The van der Waals surface area contributed by atoms with Crippen molar-refractivity contribution in [2.24, 2.45) is 5.92 Å². The van der Waals surface area contributed by atoms with Gasteiger partial charge in [-0.1, -0.05) is 13.0 Å². The molecule has 5 heteroatoms. The van der Waals surface area contributed by atoms with Gasteiger partial charge in [-0.2, -0.15) is 0 Å². The number of carboxylic acid groups (broad SMARTS) is 1. The van der Waals surface area contributed by atoms with E-state index < -0.39 is 27.9 Å². The first kappa shape index (κ1) is 13.7. The van der Waals surface area contributed by atoms with E-state index in [1.165, 1.54) is 7.11 Å². The van der Waals surface area contributed by atoms with Crippen LogP contribution in [-0.2, 0) is 15.6 Å². The number of methoxy groups -OCH3 is 1. The first-order valence-corrected chi connectivity index (χ1v) is 6.46. The Bertz CT molecular complexity index is 430. The average molecular weight is 256 g/mol. The van der Waals surface area contributed by atoms with Crippen LogP contribution in [-0.4, -0.2) is 27.6 Å². The van der Waals surface area contributed by atoms with Gasteiger partial charge in [0.15, 0.2) is 0 Å². The number of aliphatic carboxylic acids is 1. The minimum atomic E-state index is -1.35. The summed E-state index contributed by atoms with van der Waals surface area (Å²) in [6.45, 7) is 3.24. The van der Waals surface area contributed by atoms with Gasteiger partial charge in [0, 0.05) is 10.1 Å². The van der Waals surface area contributed by atoms with E-state index in [0.717, 1.165) is 0 Å². The van der Waals surface area contributed by atoms with Gasteiger partial charge in [-0.15, -0.1) is 0 Å². The zero-order valence-corrected chi connectivity index (χ0v) is 10.9. The largest absolute Gasteiger partial charge is 0.497 e. The quantitative estimate of drug-likeness (QED) is 0.874. The minimum Gasteiger partial charge on any atom is -0.497 e. The number of ether oxygens (including phenoxy) is 1. The number of hydrogen-bond acceptors (Lipinski definition) is 3. The summed E-state index contributed by atoms with van der Waals surface area (Å²) in [6, 6.07) is 6.88. The molecule has 1 rings (SSSR count). The lowest BCUT2D eigenvalue weighted by molar-refractivity contribution is -0.141. The molecule has 0 saturated carbocycles. The number of benzene rings is 1. The highest BCUT2D eigenvalue weighted by Gasteiger charge is 2.25. The van der Waals surface area contributed by atoms with Gasteiger partial charge in [-0.25, -0.2) is 0 Å². The molecule has 0 aromatic heterocycles. The molecular weight excluding hydrogens is 240 g/mol. The molecule has 4 nitrogen and oxygen atoms in total. The van der Waals surface area contributed by atoms with E-state index in [1.807, 2.05) is 0 Å². The molecule has 0 amide bonds. The fraction of sp³-hybridized carbons (Fsp3) is 0.417. The molecule has 3 atom stereocenters. The average Bonchev–Trinajstić information content (AvgIpc) is 2.36. The molecule has 0 fully saturated rings. The van der Waals surface area contributed by atoms with Crippen LogP contribution in [0.4, 0.5) is 0 Å². The van der Waals surface area contributed by atoms with Crippen LogP contribution >= 0.6 is 0 Å². The Morgan fingerprint density at radius 2 is 2.06 bits per heavy atom. The first-order chi connectivity index (χ1) is 7.97. The van der Waals surface area contributed by atoms with Crippen molar-refractivity contribution < 1.29 is 18.8 Å². The van der Waals surface area contributed by atoms with Crippen LogP contribution in [0, 0.1) is 5.92 Å². The molecule has 0 aliphatic rings. The van der Waals surface area contributed by atoms with Gasteiger partial charge in [0.25, 0.3) is 0 Å². The van der Waals surface area contributed by atoms with Gasteiger partial charge in [0.2, 0.25) is 0 Å². The molecule has 0 aliphatic carbocycles. The van der Waals surface area contributed by atoms with Crippen molar-refractivity contribution in [1.82, 2.24) is 0 Å². The molecule has 3 unspecified atom stereocenters. The van der Waals surface area contributed by atoms with Crippen LogP contribution in [0.25, 0.3) is 0 Å². The summed E-state index contributed by atoms with van der Waals surface area (Å²) >= 11 is 0. The predicted molar refractivity (Wildman–Crippen MR) is 65.7 cm³/mol. The molecule has 0 aliphatic heterocycles. The highest BCUT2D eigenvalue weighted by molar-refractivity contribution is 7.85. The van der Waals surface area contributed by atoms with Crippen molar-refractivity contribution in [3.05, 3.63) is 24.3 Å². The van der Waals surface area contributed by atoms with E-state index >= 15 is 0 Å². The fourth-order valence-electron chi connectivity index (χ4n) is 1.33. The van der Waals surface area contributed by atoms with Crippen molar-refractivity contribution in [3.8, 4) is 5.75 Å². The smallest absolute Gasteiger partial charge is 0.307 e. The summed E-state index contributed by atoms with van der Waals surface area (Å²) in [5.74, 6) is -0.971. The number of rotatable bonds is 5. The summed E-state index contributed by atoms with van der Waals surface area (Å²) in [5.41, 5.74) is 0. The van der Waals surface area contributed by atoms with E-state index in [4.69, 9.17) is 9.84 Å². The van der Waals surface area contributed by atoms with Crippen molar-refractivity contribution >= 4 is 16.8 Å². The normalized spacial score (nSPS) is 15.9. The first-order valence-electron chi connectivity index (χ1n) is 5.24. The Labute approximate surface area is 103 Å². The highest BCUT2D eigenvalue weighted by Crippen LogP contribution is 2.21. The molecule has 0 saturated heterocycles. The second-order valence-corrected chi connectivity index (χ2v) is 5.62. The molecule has 1 N–H and O–H groups in total. The number of hydrogen-bond donors (Lipinski definition) is 1. The lowest BCUT2D eigenvalue weighted by atomic mass is 10.1. The van der Waals surface area contributed by atoms with Crippen molar-refractivity contribution in [1.29, 1.82) is 0 Å². The zero-order chi connectivity index (χ0) is 13.0. The zero-order valence-electron chi connectivity index (χ0n) is 10.0. The van der Waals surface area contributed by atoms with Crippen LogP contribution in [0.5, 0.6) is 5.75 Å². The molecule has 0 heterocycles. The number of carbonyl (C=O) groups is 1. The summed E-state index contributed by atoms with van der Waals surface area (Å²) in [5, 5.41) is 8.45. The maximum absolute atomic E-state index is 12.2. The molecule has 0 radical (unpaired) electrons. The Balaban J connectivity index is 2.92. The lowest BCUT2D eigenvalue weighted by Gasteiger charge is -2.15. The Morgan fingerprint density at radius 1 is 1.41 bits per heavy atom. The molecular formula is C12H16O4S. The Kier molecular flexibility index (Phi) is 4.69. The molecule has 0 spiro atoms. The van der Waals surface area contributed by atoms with Gasteiger partial charge in [0.1, 0.15) is 5.75 Å². The maximum atomic E-state index is 12.2. The van der Waals surface area contributed by atoms with Crippen LogP contribution < -0.4 is 4.74 Å². The standard InChI is InChI=1S/C12H16O4S/c1-8(12(13)14)9(2)17(15)11-6-4-5-10(7-11)16-3/h4-9H,1-3H3,(H,13,14). The molecule has 1 aromatic carbocycles. The Morgan fingerprint density at radius 3 is 2.59 bits per heavy atom. The second-order valence-electron chi connectivity index (χ2n) is 3.81. The van der Waals surface area contributed by atoms with E-state index in [1.54, 1.807) is 38.1 Å². The summed E-state index contributed by atoms with van der Waals surface area (Å²) in [7, 11) is 0.182. The predicted octanol–water partition coefficient (Wildman–Crippen LogP) is 1.91. The van der Waals surface area contributed by atoms with Crippen LogP contribution in [0.15, 0.2) is 29.2 Å². The van der Waals surface area contributed by atoms with Crippen molar-refractivity contribution in [2.75, 3.05) is 7.11 Å². The SMILES string of the molecule is COc1cccc(S(=O)C(C)C(C)C(=O)O)c1. The van der Waals surface area contributed by atoms with Gasteiger partial charge >= 0.3 is 5.97 Å². The third-order valence-corrected chi connectivity index (χ3v) is 4.51. The maximum Gasteiger partial charge on any atom is 0.307 e. The second kappa shape index (κ2) is 5.82. The lowest BCUT2D eigenvalue weighted by Crippen LogP contribution is -2.26. The monoisotopic (exact) mass is 256 g/mol. The van der Waals surface area contributed by atoms with Gasteiger partial charge < -0.3 is 9.84 Å². The van der Waals surface area contributed by atoms with Crippen molar-refractivity contribution in [2.45, 2.75) is 24.0 Å². The summed E-state index contributed by atoms with van der Waals surface area (Å²) in [6.07, 6.45) is 0. The van der Waals surface area contributed by atoms with Gasteiger partial charge in [0.05, 0.1) is 23.8 Å². The summed E-state index contributed by atoms with van der Waals surface area (Å²) < 4.78 is 17.2. The topological polar surface area (TPSA) is 63.6 Å². The van der Waals surface area contributed by atoms with Crippen molar-refractivity contribution in [3.63, 3.8) is 0 Å². The van der Waals surface area contributed by atoms with Crippen LogP contribution in [0.2, 0.25) is 0 Å². The molecule has 1 aromatic rings. The Hall–Kier alpha value is -1.36. The van der Waals surface area contributed by atoms with E-state index in [0.29, 0.717) is 10.6 Å². The molecule has 94 valence electrons. The number of carboxylic acids is 1. The molecule has 0 bridgehead atoms. The minimum absolute atomic E-state index is 0.445. The highest BCUT2D eigenvalue weighted by atomic mass is 32.2. The van der Waals surface area contributed by atoms with Crippen LogP contribution in [0.3, 0.4) is 0 Å². The van der Waals surface area contributed by atoms with Gasteiger partial charge in [-0.05, 0) is 25.1 Å². The van der Waals surface area contributed by atoms with E-state index in [9.17, 15) is 9.00 Å². The van der Waals surface area contributed by atoms with E-state index in [-0.39, 0.29) is 0 Å².